The zero-order valence-electron chi connectivity index (χ0n) is 7.43. The van der Waals surface area contributed by atoms with Crippen LogP contribution in [0.25, 0.3) is 0 Å². The molecule has 14 heavy (non-hydrogen) atoms. The zero-order valence-corrected chi connectivity index (χ0v) is 9.59. The van der Waals surface area contributed by atoms with Crippen molar-refractivity contribution >= 4 is 22.6 Å². The molecule has 1 aromatic carbocycles. The summed E-state index contributed by atoms with van der Waals surface area (Å²) in [7, 11) is 0. The van der Waals surface area contributed by atoms with Gasteiger partial charge in [-0.05, 0) is 46.7 Å². The minimum atomic E-state index is -0.569. The van der Waals surface area contributed by atoms with Crippen molar-refractivity contribution in [2.75, 3.05) is 0 Å². The Morgan fingerprint density at radius 2 is 1.93 bits per heavy atom. The summed E-state index contributed by atoms with van der Waals surface area (Å²) in [4.78, 5) is 0. The second-order valence-corrected chi connectivity index (χ2v) is 4.01. The maximum Gasteiger partial charge on any atom is 0.139 e. The van der Waals surface area contributed by atoms with Crippen LogP contribution < -0.4 is 5.73 Å². The van der Waals surface area contributed by atoms with Crippen molar-refractivity contribution in [3.63, 3.8) is 0 Å². The van der Waals surface area contributed by atoms with Gasteiger partial charge in [-0.3, -0.25) is 0 Å². The van der Waals surface area contributed by atoms with E-state index < -0.39 is 17.7 Å². The van der Waals surface area contributed by atoms with Gasteiger partial charge in [-0.2, -0.15) is 0 Å². The minimum absolute atomic E-state index is 0.00264. The van der Waals surface area contributed by atoms with Crippen LogP contribution in [0.5, 0.6) is 0 Å². The fourth-order valence-corrected chi connectivity index (χ4v) is 1.42. The van der Waals surface area contributed by atoms with Crippen molar-refractivity contribution in [2.24, 2.45) is 5.73 Å². The van der Waals surface area contributed by atoms with Crippen molar-refractivity contribution in [1.82, 2.24) is 0 Å². The SMILES string of the molecule is C=CC[C@@H](N)c1cc(F)c(I)c(F)c1. The maximum atomic E-state index is 13.1. The molecule has 76 valence electrons. The minimum Gasteiger partial charge on any atom is -0.324 e. The fraction of sp³-hybridized carbons (Fsp3) is 0.200. The van der Waals surface area contributed by atoms with Crippen molar-refractivity contribution in [1.29, 1.82) is 0 Å². The summed E-state index contributed by atoms with van der Waals surface area (Å²) in [5.74, 6) is -1.14. The molecular weight excluding hydrogens is 299 g/mol. The van der Waals surface area contributed by atoms with Crippen LogP contribution in [0.3, 0.4) is 0 Å². The Morgan fingerprint density at radius 1 is 1.43 bits per heavy atom. The van der Waals surface area contributed by atoms with Gasteiger partial charge in [0.2, 0.25) is 0 Å². The van der Waals surface area contributed by atoms with Gasteiger partial charge in [0.15, 0.2) is 0 Å². The summed E-state index contributed by atoms with van der Waals surface area (Å²) in [6.07, 6.45) is 2.12. The lowest BCUT2D eigenvalue weighted by Crippen LogP contribution is -2.10. The molecule has 0 bridgehead atoms. The molecule has 0 spiro atoms. The van der Waals surface area contributed by atoms with E-state index in [0.717, 1.165) is 0 Å². The van der Waals surface area contributed by atoms with Gasteiger partial charge >= 0.3 is 0 Å². The first-order valence-corrected chi connectivity index (χ1v) is 5.15. The summed E-state index contributed by atoms with van der Waals surface area (Å²) >= 11 is 1.62. The van der Waals surface area contributed by atoms with Gasteiger partial charge in [-0.1, -0.05) is 6.08 Å². The summed E-state index contributed by atoms with van der Waals surface area (Å²) in [5.41, 5.74) is 6.14. The van der Waals surface area contributed by atoms with Gasteiger partial charge in [-0.15, -0.1) is 6.58 Å². The first-order valence-electron chi connectivity index (χ1n) is 4.07. The normalized spacial score (nSPS) is 12.6. The largest absolute Gasteiger partial charge is 0.324 e. The van der Waals surface area contributed by atoms with Crippen LogP contribution in [0.15, 0.2) is 24.8 Å². The quantitative estimate of drug-likeness (QED) is 0.518. The van der Waals surface area contributed by atoms with Crippen LogP contribution in [0.1, 0.15) is 18.0 Å². The van der Waals surface area contributed by atoms with E-state index in [1.54, 1.807) is 28.7 Å². The van der Waals surface area contributed by atoms with Crippen LogP contribution in [0, 0.1) is 15.2 Å². The smallest absolute Gasteiger partial charge is 0.139 e. The standard InChI is InChI=1S/C10H10F2IN/c1-2-3-9(14)6-4-7(11)10(13)8(12)5-6/h2,4-5,9H,1,3,14H2/t9-/m1/s1. The predicted octanol–water partition coefficient (Wildman–Crippen LogP) is 3.15. The number of hydrogen-bond acceptors (Lipinski definition) is 1. The van der Waals surface area contributed by atoms with E-state index >= 15 is 0 Å². The molecule has 0 radical (unpaired) electrons. The predicted molar refractivity (Wildman–Crippen MR) is 60.8 cm³/mol. The lowest BCUT2D eigenvalue weighted by atomic mass is 10.0. The van der Waals surface area contributed by atoms with E-state index in [0.29, 0.717) is 12.0 Å². The molecule has 1 nitrogen and oxygen atoms in total. The summed E-state index contributed by atoms with van der Waals surface area (Å²) < 4.78 is 26.2. The van der Waals surface area contributed by atoms with Gasteiger partial charge < -0.3 is 5.73 Å². The molecule has 0 aromatic heterocycles. The molecule has 1 atom stereocenters. The Morgan fingerprint density at radius 3 is 2.36 bits per heavy atom. The second-order valence-electron chi connectivity index (χ2n) is 2.93. The number of benzene rings is 1. The van der Waals surface area contributed by atoms with Crippen LogP contribution in [0.4, 0.5) is 8.78 Å². The highest BCUT2D eigenvalue weighted by molar-refractivity contribution is 14.1. The molecule has 0 aliphatic rings. The van der Waals surface area contributed by atoms with Crippen molar-refractivity contribution < 1.29 is 8.78 Å². The van der Waals surface area contributed by atoms with E-state index in [1.165, 1.54) is 12.1 Å². The van der Waals surface area contributed by atoms with E-state index in [1.807, 2.05) is 0 Å². The van der Waals surface area contributed by atoms with Crippen LogP contribution in [-0.2, 0) is 0 Å². The van der Waals surface area contributed by atoms with Gasteiger partial charge in [0, 0.05) is 6.04 Å². The average Bonchev–Trinajstić information content (AvgIpc) is 2.13. The van der Waals surface area contributed by atoms with E-state index in [2.05, 4.69) is 6.58 Å². The average molecular weight is 309 g/mol. The van der Waals surface area contributed by atoms with Gasteiger partial charge in [0.25, 0.3) is 0 Å². The van der Waals surface area contributed by atoms with Crippen LogP contribution >= 0.6 is 22.6 Å². The van der Waals surface area contributed by atoms with Crippen LogP contribution in [-0.4, -0.2) is 0 Å². The van der Waals surface area contributed by atoms with Gasteiger partial charge in [0.1, 0.15) is 11.6 Å². The molecule has 0 heterocycles. The van der Waals surface area contributed by atoms with E-state index in [4.69, 9.17) is 5.73 Å². The molecular formula is C10H10F2IN. The molecule has 0 amide bonds. The molecule has 0 saturated carbocycles. The third-order valence-electron chi connectivity index (χ3n) is 1.85. The lowest BCUT2D eigenvalue weighted by Gasteiger charge is -2.10. The maximum absolute atomic E-state index is 13.1. The van der Waals surface area contributed by atoms with Gasteiger partial charge in [-0.25, -0.2) is 8.78 Å². The summed E-state index contributed by atoms with van der Waals surface area (Å²) in [6.45, 7) is 3.52. The first kappa shape index (κ1) is 11.6. The molecule has 0 saturated heterocycles. The third kappa shape index (κ3) is 2.51. The fourth-order valence-electron chi connectivity index (χ4n) is 1.10. The number of hydrogen-bond donors (Lipinski definition) is 1. The Bertz CT molecular complexity index is 329. The van der Waals surface area contributed by atoms with Crippen molar-refractivity contribution in [2.45, 2.75) is 12.5 Å². The Labute approximate surface area is 95.1 Å². The number of rotatable bonds is 3. The van der Waals surface area contributed by atoms with Crippen molar-refractivity contribution in [3.8, 4) is 0 Å². The lowest BCUT2D eigenvalue weighted by molar-refractivity contribution is 0.561. The molecule has 0 unspecified atom stereocenters. The molecule has 0 aliphatic heterocycles. The molecule has 1 aromatic rings. The Kier molecular flexibility index (Phi) is 4.00. The first-order chi connectivity index (χ1) is 6.56. The monoisotopic (exact) mass is 309 g/mol. The topological polar surface area (TPSA) is 26.0 Å². The Balaban J connectivity index is 3.05. The van der Waals surface area contributed by atoms with Gasteiger partial charge in [0.05, 0.1) is 3.57 Å². The molecule has 0 fully saturated rings. The van der Waals surface area contributed by atoms with Crippen LogP contribution in [0.2, 0.25) is 0 Å². The summed E-state index contributed by atoms with van der Waals surface area (Å²) in [6, 6.07) is 2.13. The van der Waals surface area contributed by atoms with E-state index in [9.17, 15) is 8.78 Å². The Hall–Kier alpha value is -0.490. The molecule has 4 heteroatoms. The number of nitrogens with two attached hydrogens (primary N) is 1. The molecule has 1 rings (SSSR count). The van der Waals surface area contributed by atoms with E-state index in [-0.39, 0.29) is 3.57 Å². The molecule has 0 aliphatic carbocycles. The highest BCUT2D eigenvalue weighted by Gasteiger charge is 2.11. The second kappa shape index (κ2) is 4.84. The summed E-state index contributed by atoms with van der Waals surface area (Å²) in [5, 5.41) is 0. The highest BCUT2D eigenvalue weighted by atomic mass is 127. The highest BCUT2D eigenvalue weighted by Crippen LogP contribution is 2.22. The van der Waals surface area contributed by atoms with Crippen molar-refractivity contribution in [3.05, 3.63) is 45.6 Å². The zero-order chi connectivity index (χ0) is 10.7. The third-order valence-corrected chi connectivity index (χ3v) is 2.89. The molecule has 2 N–H and O–H groups in total. The number of halogens is 3.